The summed E-state index contributed by atoms with van der Waals surface area (Å²) in [5.41, 5.74) is 0.513. The molecule has 140 valence electrons. The second kappa shape index (κ2) is 10.1. The molecular formula is C18H22FN3O4. The van der Waals surface area contributed by atoms with Crippen LogP contribution in [-0.4, -0.2) is 37.0 Å². The fourth-order valence-electron chi connectivity index (χ4n) is 2.39. The van der Waals surface area contributed by atoms with Gasteiger partial charge in [-0.3, -0.25) is 9.59 Å². The molecule has 0 radical (unpaired) electrons. The van der Waals surface area contributed by atoms with Crippen molar-refractivity contribution < 1.29 is 23.5 Å². The minimum Gasteiger partial charge on any atom is -0.467 e. The van der Waals surface area contributed by atoms with Crippen molar-refractivity contribution in [1.29, 1.82) is 5.26 Å². The molecule has 0 saturated carbocycles. The molecule has 1 rings (SSSR count). The number of halogens is 1. The lowest BCUT2D eigenvalue weighted by atomic mass is 10.0. The fraction of sp³-hybridized carbons (Fsp3) is 0.444. The Morgan fingerprint density at radius 1 is 1.27 bits per heavy atom. The van der Waals surface area contributed by atoms with Crippen LogP contribution in [0.15, 0.2) is 24.3 Å². The quantitative estimate of drug-likeness (QED) is 0.672. The van der Waals surface area contributed by atoms with Crippen LogP contribution < -0.4 is 10.6 Å². The van der Waals surface area contributed by atoms with Crippen LogP contribution in [0.5, 0.6) is 0 Å². The van der Waals surface area contributed by atoms with E-state index < -0.39 is 41.6 Å². The minimum absolute atomic E-state index is 0.0465. The first kappa shape index (κ1) is 21.1. The second-order valence-electron chi connectivity index (χ2n) is 5.94. The lowest BCUT2D eigenvalue weighted by Crippen LogP contribution is -2.52. The predicted molar refractivity (Wildman–Crippen MR) is 91.0 cm³/mol. The number of nitrogens with one attached hydrogen (secondary N) is 2. The van der Waals surface area contributed by atoms with Crippen molar-refractivity contribution in [3.63, 3.8) is 0 Å². The molecule has 8 heteroatoms. The summed E-state index contributed by atoms with van der Waals surface area (Å²) < 4.78 is 18.0. The Morgan fingerprint density at radius 2 is 1.96 bits per heavy atom. The number of amides is 2. The Kier molecular flexibility index (Phi) is 8.22. The number of esters is 1. The van der Waals surface area contributed by atoms with Crippen molar-refractivity contribution in [2.24, 2.45) is 5.92 Å². The van der Waals surface area contributed by atoms with E-state index in [1.165, 1.54) is 32.2 Å². The molecule has 0 aliphatic rings. The average molecular weight is 363 g/mol. The van der Waals surface area contributed by atoms with Crippen molar-refractivity contribution in [2.45, 2.75) is 38.8 Å². The largest absolute Gasteiger partial charge is 0.467 e. The van der Waals surface area contributed by atoms with Gasteiger partial charge in [-0.15, -0.1) is 0 Å². The molecule has 7 nitrogen and oxygen atoms in total. The number of hydrogen-bond donors (Lipinski definition) is 2. The van der Waals surface area contributed by atoms with Crippen LogP contribution in [0.25, 0.3) is 0 Å². The SMILES string of the molecule is COC(=O)[C@H](C[C@@H](C)C#N)NC(=O)[C@H](Cc1cccc(F)c1)NC(C)=O. The first-order valence-corrected chi connectivity index (χ1v) is 8.06. The lowest BCUT2D eigenvalue weighted by Gasteiger charge is -2.22. The monoisotopic (exact) mass is 363 g/mol. The number of carbonyl (C=O) groups excluding carboxylic acids is 3. The summed E-state index contributed by atoms with van der Waals surface area (Å²) in [6.07, 6.45) is 0.118. The van der Waals surface area contributed by atoms with Gasteiger partial charge >= 0.3 is 5.97 Å². The van der Waals surface area contributed by atoms with E-state index in [9.17, 15) is 18.8 Å². The number of benzene rings is 1. The third-order valence-corrected chi connectivity index (χ3v) is 3.63. The summed E-state index contributed by atoms with van der Waals surface area (Å²) in [6.45, 7) is 2.86. The van der Waals surface area contributed by atoms with E-state index in [1.807, 2.05) is 6.07 Å². The Hall–Kier alpha value is -2.95. The van der Waals surface area contributed by atoms with Crippen LogP contribution >= 0.6 is 0 Å². The van der Waals surface area contributed by atoms with E-state index in [1.54, 1.807) is 13.0 Å². The zero-order valence-corrected chi connectivity index (χ0v) is 14.9. The van der Waals surface area contributed by atoms with Crippen LogP contribution in [0.3, 0.4) is 0 Å². The third-order valence-electron chi connectivity index (χ3n) is 3.63. The maximum absolute atomic E-state index is 13.3. The van der Waals surface area contributed by atoms with Crippen molar-refractivity contribution in [3.05, 3.63) is 35.6 Å². The van der Waals surface area contributed by atoms with Crippen LogP contribution in [0.4, 0.5) is 4.39 Å². The normalized spacial score (nSPS) is 13.7. The van der Waals surface area contributed by atoms with E-state index >= 15 is 0 Å². The Bertz CT molecular complexity index is 702. The van der Waals surface area contributed by atoms with Crippen molar-refractivity contribution >= 4 is 17.8 Å². The summed E-state index contributed by atoms with van der Waals surface area (Å²) in [6, 6.07) is 5.62. The highest BCUT2D eigenvalue weighted by Gasteiger charge is 2.28. The molecule has 0 saturated heterocycles. The Morgan fingerprint density at radius 3 is 2.50 bits per heavy atom. The van der Waals surface area contributed by atoms with Crippen molar-refractivity contribution in [1.82, 2.24) is 10.6 Å². The van der Waals surface area contributed by atoms with E-state index in [4.69, 9.17) is 5.26 Å². The van der Waals surface area contributed by atoms with Gasteiger partial charge in [0.25, 0.3) is 0 Å². The molecule has 1 aromatic carbocycles. The number of nitriles is 1. The maximum atomic E-state index is 13.3. The fourth-order valence-corrected chi connectivity index (χ4v) is 2.39. The van der Waals surface area contributed by atoms with Gasteiger partial charge in [0.1, 0.15) is 17.9 Å². The summed E-state index contributed by atoms with van der Waals surface area (Å²) in [4.78, 5) is 35.8. The summed E-state index contributed by atoms with van der Waals surface area (Å²) >= 11 is 0. The molecule has 0 aliphatic heterocycles. The number of methoxy groups -OCH3 is 1. The molecule has 0 heterocycles. The Labute approximate surface area is 151 Å². The van der Waals surface area contributed by atoms with Crippen LogP contribution in [0, 0.1) is 23.1 Å². The lowest BCUT2D eigenvalue weighted by molar-refractivity contribution is -0.145. The van der Waals surface area contributed by atoms with E-state index in [2.05, 4.69) is 15.4 Å². The first-order chi connectivity index (χ1) is 12.3. The highest BCUT2D eigenvalue weighted by molar-refractivity contribution is 5.90. The molecule has 0 aliphatic carbocycles. The number of carbonyl (C=O) groups is 3. The molecule has 26 heavy (non-hydrogen) atoms. The zero-order chi connectivity index (χ0) is 19.7. The Balaban J connectivity index is 2.93. The molecule has 1 aromatic rings. The maximum Gasteiger partial charge on any atom is 0.328 e. The summed E-state index contributed by atoms with van der Waals surface area (Å²) in [7, 11) is 1.18. The number of rotatable bonds is 8. The number of ether oxygens (including phenoxy) is 1. The predicted octanol–water partition coefficient (Wildman–Crippen LogP) is 1.08. The van der Waals surface area contributed by atoms with Gasteiger partial charge in [-0.2, -0.15) is 5.26 Å². The highest BCUT2D eigenvalue weighted by atomic mass is 19.1. The molecule has 0 aromatic heterocycles. The van der Waals surface area contributed by atoms with Gasteiger partial charge in [-0.05, 0) is 31.0 Å². The third kappa shape index (κ3) is 6.89. The van der Waals surface area contributed by atoms with Gasteiger partial charge in [-0.25, -0.2) is 9.18 Å². The standard InChI is InChI=1S/C18H22FN3O4/c1-11(10-20)7-16(18(25)26-3)22-17(24)15(21-12(2)23)9-13-5-4-6-14(19)8-13/h4-6,8,11,15-16H,7,9H2,1-3H3,(H,21,23)(H,22,24)/t11-,15+,16+/m1/s1. The van der Waals surface area contributed by atoms with Gasteiger partial charge < -0.3 is 15.4 Å². The van der Waals surface area contributed by atoms with Gasteiger partial charge in [0, 0.05) is 19.3 Å². The molecule has 2 amide bonds. The molecule has 0 bridgehead atoms. The molecule has 3 atom stereocenters. The summed E-state index contributed by atoms with van der Waals surface area (Å²) in [5.74, 6) is -2.69. The highest BCUT2D eigenvalue weighted by Crippen LogP contribution is 2.10. The minimum atomic E-state index is -1.02. The number of hydrogen-bond acceptors (Lipinski definition) is 5. The molecule has 0 spiro atoms. The van der Waals surface area contributed by atoms with E-state index in [-0.39, 0.29) is 12.8 Å². The topological polar surface area (TPSA) is 108 Å². The van der Waals surface area contributed by atoms with Gasteiger partial charge in [0.05, 0.1) is 13.2 Å². The smallest absolute Gasteiger partial charge is 0.328 e. The zero-order valence-electron chi connectivity index (χ0n) is 14.9. The molecule has 2 N–H and O–H groups in total. The average Bonchev–Trinajstić information content (AvgIpc) is 2.59. The van der Waals surface area contributed by atoms with Crippen LogP contribution in [0.2, 0.25) is 0 Å². The van der Waals surface area contributed by atoms with Gasteiger partial charge in [0.2, 0.25) is 11.8 Å². The van der Waals surface area contributed by atoms with Crippen molar-refractivity contribution in [3.8, 4) is 6.07 Å². The molecule has 0 fully saturated rings. The van der Waals surface area contributed by atoms with Crippen LogP contribution in [-0.2, 0) is 25.5 Å². The van der Waals surface area contributed by atoms with Crippen molar-refractivity contribution in [2.75, 3.05) is 7.11 Å². The van der Waals surface area contributed by atoms with Gasteiger partial charge in [0.15, 0.2) is 0 Å². The summed E-state index contributed by atoms with van der Waals surface area (Å²) in [5, 5.41) is 13.9. The molecular weight excluding hydrogens is 341 g/mol. The van der Waals surface area contributed by atoms with Crippen LogP contribution in [0.1, 0.15) is 25.8 Å². The van der Waals surface area contributed by atoms with E-state index in [0.717, 1.165) is 0 Å². The second-order valence-corrected chi connectivity index (χ2v) is 5.94. The molecule has 0 unspecified atom stereocenters. The first-order valence-electron chi connectivity index (χ1n) is 8.06. The van der Waals surface area contributed by atoms with Gasteiger partial charge in [-0.1, -0.05) is 12.1 Å². The van der Waals surface area contributed by atoms with E-state index in [0.29, 0.717) is 5.56 Å². The number of nitrogens with zero attached hydrogens (tertiary/aromatic N) is 1.